The minimum Gasteiger partial charge on any atom is -0.317 e. The molecule has 0 aliphatic carbocycles. The highest BCUT2D eigenvalue weighted by Crippen LogP contribution is 2.17. The summed E-state index contributed by atoms with van der Waals surface area (Å²) in [5.74, 6) is 1.00. The summed E-state index contributed by atoms with van der Waals surface area (Å²) in [5.41, 5.74) is 0. The molecule has 12 heavy (non-hydrogen) atoms. The minimum absolute atomic E-state index is 1.00. The van der Waals surface area contributed by atoms with Crippen LogP contribution >= 0.6 is 0 Å². The smallest absolute Gasteiger partial charge is 0.00219 e. The maximum atomic E-state index is 3.35. The van der Waals surface area contributed by atoms with Gasteiger partial charge in [0, 0.05) is 13.1 Å². The summed E-state index contributed by atoms with van der Waals surface area (Å²) in [6.07, 6.45) is 2.67. The molecule has 0 bridgehead atoms. The van der Waals surface area contributed by atoms with Crippen LogP contribution in [0.15, 0.2) is 0 Å². The molecular weight excluding hydrogens is 148 g/mol. The van der Waals surface area contributed by atoms with E-state index in [1.165, 1.54) is 39.0 Å². The Morgan fingerprint density at radius 1 is 1.33 bits per heavy atom. The summed E-state index contributed by atoms with van der Waals surface area (Å²) in [7, 11) is 0. The summed E-state index contributed by atoms with van der Waals surface area (Å²) in [6.45, 7) is 10.7. The van der Waals surface area contributed by atoms with Crippen molar-refractivity contribution < 1.29 is 0 Å². The van der Waals surface area contributed by atoms with Crippen molar-refractivity contribution in [2.24, 2.45) is 5.92 Å². The van der Waals surface area contributed by atoms with Gasteiger partial charge in [0.05, 0.1) is 0 Å². The van der Waals surface area contributed by atoms with Gasteiger partial charge in [-0.2, -0.15) is 0 Å². The second-order valence-electron chi connectivity index (χ2n) is 3.74. The van der Waals surface area contributed by atoms with Crippen molar-refractivity contribution in [2.75, 3.05) is 32.7 Å². The molecule has 0 aromatic rings. The van der Waals surface area contributed by atoms with Crippen LogP contribution in [0.4, 0.5) is 0 Å². The highest BCUT2D eigenvalue weighted by atomic mass is 15.2. The Labute approximate surface area is 76.3 Å². The summed E-state index contributed by atoms with van der Waals surface area (Å²) >= 11 is 0. The lowest BCUT2D eigenvalue weighted by Crippen LogP contribution is -2.46. The van der Waals surface area contributed by atoms with Gasteiger partial charge in [-0.3, -0.25) is 0 Å². The molecule has 1 N–H and O–H groups in total. The third kappa shape index (κ3) is 3.11. The number of hydrogen-bond acceptors (Lipinski definition) is 2. The van der Waals surface area contributed by atoms with Crippen LogP contribution in [-0.4, -0.2) is 37.6 Å². The first-order valence-electron chi connectivity index (χ1n) is 5.29. The van der Waals surface area contributed by atoms with Crippen LogP contribution in [0.1, 0.15) is 26.7 Å². The van der Waals surface area contributed by atoms with Crippen LogP contribution in [0.25, 0.3) is 0 Å². The summed E-state index contributed by atoms with van der Waals surface area (Å²) < 4.78 is 0. The van der Waals surface area contributed by atoms with Gasteiger partial charge in [-0.25, -0.2) is 0 Å². The van der Waals surface area contributed by atoms with Gasteiger partial charge in [-0.05, 0) is 32.0 Å². The molecule has 1 heterocycles. The fourth-order valence-corrected chi connectivity index (χ4v) is 1.72. The molecular formula is C10H22N2. The number of likely N-dealkylation sites (tertiary alicyclic amines) is 1. The highest BCUT2D eigenvalue weighted by Gasteiger charge is 2.23. The van der Waals surface area contributed by atoms with Gasteiger partial charge >= 0.3 is 0 Å². The molecule has 1 aliphatic rings. The number of nitrogens with one attached hydrogen (secondary N) is 1. The van der Waals surface area contributed by atoms with E-state index >= 15 is 0 Å². The van der Waals surface area contributed by atoms with Gasteiger partial charge in [0.25, 0.3) is 0 Å². The Morgan fingerprint density at radius 3 is 2.67 bits per heavy atom. The lowest BCUT2D eigenvalue weighted by atomic mass is 9.97. The van der Waals surface area contributed by atoms with E-state index in [9.17, 15) is 0 Å². The van der Waals surface area contributed by atoms with E-state index in [0.29, 0.717) is 0 Å². The molecule has 0 atom stereocenters. The van der Waals surface area contributed by atoms with E-state index < -0.39 is 0 Å². The standard InChI is InChI=1S/C10H22N2/c1-3-10-8-12(9-10)7-5-6-11-4-2/h10-11H,3-9H2,1-2H3. The normalized spacial score (nSPS) is 19.5. The lowest BCUT2D eigenvalue weighted by Gasteiger charge is -2.38. The summed E-state index contributed by atoms with van der Waals surface area (Å²) in [6, 6.07) is 0. The second-order valence-corrected chi connectivity index (χ2v) is 3.74. The van der Waals surface area contributed by atoms with Crippen molar-refractivity contribution in [3.63, 3.8) is 0 Å². The summed E-state index contributed by atoms with van der Waals surface area (Å²) in [4.78, 5) is 2.56. The molecule has 2 heteroatoms. The van der Waals surface area contributed by atoms with E-state index in [4.69, 9.17) is 0 Å². The molecule has 1 rings (SSSR count). The molecule has 0 aromatic carbocycles. The zero-order valence-corrected chi connectivity index (χ0v) is 8.47. The van der Waals surface area contributed by atoms with Crippen LogP contribution in [0.3, 0.4) is 0 Å². The molecule has 0 spiro atoms. The van der Waals surface area contributed by atoms with Crippen LogP contribution in [-0.2, 0) is 0 Å². The van der Waals surface area contributed by atoms with Gasteiger partial charge in [0.2, 0.25) is 0 Å². The average molecular weight is 170 g/mol. The topological polar surface area (TPSA) is 15.3 Å². The molecule has 0 saturated carbocycles. The van der Waals surface area contributed by atoms with Crippen LogP contribution < -0.4 is 5.32 Å². The first-order chi connectivity index (χ1) is 5.86. The highest BCUT2D eigenvalue weighted by molar-refractivity contribution is 4.78. The molecule has 72 valence electrons. The van der Waals surface area contributed by atoms with Crippen LogP contribution in [0.5, 0.6) is 0 Å². The number of hydrogen-bond donors (Lipinski definition) is 1. The van der Waals surface area contributed by atoms with Crippen molar-refractivity contribution in [3.05, 3.63) is 0 Å². The molecule has 1 aliphatic heterocycles. The fraction of sp³-hybridized carbons (Fsp3) is 1.00. The van der Waals surface area contributed by atoms with E-state index in [0.717, 1.165) is 12.5 Å². The molecule has 0 unspecified atom stereocenters. The van der Waals surface area contributed by atoms with Gasteiger partial charge < -0.3 is 10.2 Å². The number of rotatable bonds is 6. The largest absolute Gasteiger partial charge is 0.317 e. The SMILES string of the molecule is CCNCCCN1CC(CC)C1. The quantitative estimate of drug-likeness (QED) is 0.605. The fourth-order valence-electron chi connectivity index (χ4n) is 1.72. The van der Waals surface area contributed by atoms with E-state index in [2.05, 4.69) is 24.1 Å². The summed E-state index contributed by atoms with van der Waals surface area (Å²) in [5, 5.41) is 3.35. The molecule has 0 aromatic heterocycles. The third-order valence-electron chi connectivity index (χ3n) is 2.69. The predicted octanol–water partition coefficient (Wildman–Crippen LogP) is 1.33. The van der Waals surface area contributed by atoms with Gasteiger partial charge in [-0.1, -0.05) is 20.3 Å². The lowest BCUT2D eigenvalue weighted by molar-refractivity contribution is 0.0967. The van der Waals surface area contributed by atoms with Gasteiger partial charge in [-0.15, -0.1) is 0 Å². The van der Waals surface area contributed by atoms with Crippen molar-refractivity contribution in [1.29, 1.82) is 0 Å². The molecule has 1 saturated heterocycles. The van der Waals surface area contributed by atoms with E-state index in [-0.39, 0.29) is 0 Å². The maximum absolute atomic E-state index is 3.35. The molecule has 0 amide bonds. The molecule has 2 nitrogen and oxygen atoms in total. The molecule has 1 fully saturated rings. The first kappa shape index (κ1) is 10.0. The monoisotopic (exact) mass is 170 g/mol. The van der Waals surface area contributed by atoms with Gasteiger partial charge in [0.1, 0.15) is 0 Å². The Bertz CT molecular complexity index is 108. The number of nitrogens with zero attached hydrogens (tertiary/aromatic N) is 1. The van der Waals surface area contributed by atoms with Gasteiger partial charge in [0.15, 0.2) is 0 Å². The van der Waals surface area contributed by atoms with Crippen molar-refractivity contribution >= 4 is 0 Å². The maximum Gasteiger partial charge on any atom is 0.00219 e. The Hall–Kier alpha value is -0.0800. The second kappa shape index (κ2) is 5.55. The minimum atomic E-state index is 1.00. The molecule has 0 radical (unpaired) electrons. The zero-order valence-electron chi connectivity index (χ0n) is 8.47. The van der Waals surface area contributed by atoms with Crippen molar-refractivity contribution in [1.82, 2.24) is 10.2 Å². The first-order valence-corrected chi connectivity index (χ1v) is 5.29. The van der Waals surface area contributed by atoms with Crippen LogP contribution in [0.2, 0.25) is 0 Å². The Balaban J connectivity index is 1.83. The zero-order chi connectivity index (χ0) is 8.81. The predicted molar refractivity (Wildman–Crippen MR) is 53.4 cm³/mol. The average Bonchev–Trinajstić information content (AvgIpc) is 2.01. The third-order valence-corrected chi connectivity index (χ3v) is 2.69. The van der Waals surface area contributed by atoms with E-state index in [1.807, 2.05) is 0 Å². The van der Waals surface area contributed by atoms with E-state index in [1.54, 1.807) is 0 Å². The van der Waals surface area contributed by atoms with Crippen LogP contribution in [0, 0.1) is 5.92 Å². The Morgan fingerprint density at radius 2 is 2.08 bits per heavy atom. The van der Waals surface area contributed by atoms with Crippen molar-refractivity contribution in [2.45, 2.75) is 26.7 Å². The Kier molecular flexibility index (Phi) is 4.62. The van der Waals surface area contributed by atoms with Crippen molar-refractivity contribution in [3.8, 4) is 0 Å².